The minimum absolute atomic E-state index is 0. The summed E-state index contributed by atoms with van der Waals surface area (Å²) in [4.78, 5) is 12.3. The Kier molecular flexibility index (Phi) is 15.3. The summed E-state index contributed by atoms with van der Waals surface area (Å²) >= 11 is 0. The second kappa shape index (κ2) is 16.5. The van der Waals surface area contributed by atoms with E-state index in [0.29, 0.717) is 6.10 Å². The van der Waals surface area contributed by atoms with Crippen molar-refractivity contribution < 1.29 is 9.47 Å². The van der Waals surface area contributed by atoms with Crippen molar-refractivity contribution in [3.05, 3.63) is 0 Å². The van der Waals surface area contributed by atoms with Gasteiger partial charge in [0.1, 0.15) is 0 Å². The number of unbranched alkanes of at least 4 members (excludes halogenated alkanes) is 1. The molecular weight excluding hydrogens is 481 g/mol. The molecule has 0 aromatic heterocycles. The zero-order chi connectivity index (χ0) is 20.0. The van der Waals surface area contributed by atoms with Gasteiger partial charge in [-0.2, -0.15) is 0 Å². The fourth-order valence-corrected chi connectivity index (χ4v) is 3.82. The van der Waals surface area contributed by atoms with Crippen molar-refractivity contribution in [2.45, 2.75) is 45.1 Å². The van der Waals surface area contributed by atoms with Crippen LogP contribution in [0.2, 0.25) is 0 Å². The summed E-state index contributed by atoms with van der Waals surface area (Å²) in [6.45, 7) is 13.7. The Morgan fingerprint density at radius 1 is 1.00 bits per heavy atom. The van der Waals surface area contributed by atoms with Gasteiger partial charge in [-0.3, -0.25) is 4.99 Å². The summed E-state index contributed by atoms with van der Waals surface area (Å²) in [5.74, 6) is 1.08. The monoisotopic (exact) mass is 525 g/mol. The number of likely N-dealkylation sites (tertiary alicyclic amines) is 1. The van der Waals surface area contributed by atoms with Crippen LogP contribution in [-0.2, 0) is 9.47 Å². The number of rotatable bonds is 11. The molecule has 29 heavy (non-hydrogen) atoms. The third-order valence-corrected chi connectivity index (χ3v) is 5.66. The van der Waals surface area contributed by atoms with Crippen molar-refractivity contribution in [3.63, 3.8) is 0 Å². The number of piperazine rings is 1. The maximum absolute atomic E-state index is 5.98. The number of ether oxygens (including phenoxy) is 2. The van der Waals surface area contributed by atoms with Gasteiger partial charge < -0.3 is 29.5 Å². The summed E-state index contributed by atoms with van der Waals surface area (Å²) in [5, 5.41) is 3.47. The SMILES string of the molecule is CCNC(=NCCCCN1CCN(C)CC1)N1CCC(OCCCOC)CC1.I. The lowest BCUT2D eigenvalue weighted by Gasteiger charge is -2.34. The van der Waals surface area contributed by atoms with Gasteiger partial charge in [-0.05, 0) is 52.6 Å². The quantitative estimate of drug-likeness (QED) is 0.193. The summed E-state index contributed by atoms with van der Waals surface area (Å²) in [5.41, 5.74) is 0. The van der Waals surface area contributed by atoms with Gasteiger partial charge in [-0.15, -0.1) is 24.0 Å². The van der Waals surface area contributed by atoms with E-state index >= 15 is 0 Å². The maximum Gasteiger partial charge on any atom is 0.193 e. The zero-order valence-electron chi connectivity index (χ0n) is 18.9. The Labute approximate surface area is 195 Å². The Morgan fingerprint density at radius 3 is 2.38 bits per heavy atom. The molecule has 2 fully saturated rings. The van der Waals surface area contributed by atoms with Crippen molar-refractivity contribution in [2.75, 3.05) is 86.3 Å². The van der Waals surface area contributed by atoms with Crippen LogP contribution in [0.1, 0.15) is 39.0 Å². The molecule has 0 unspecified atom stereocenters. The van der Waals surface area contributed by atoms with Crippen LogP contribution in [0, 0.1) is 0 Å². The van der Waals surface area contributed by atoms with Gasteiger partial charge in [0.15, 0.2) is 5.96 Å². The molecule has 172 valence electrons. The average molecular weight is 526 g/mol. The summed E-state index contributed by atoms with van der Waals surface area (Å²) < 4.78 is 11.1. The van der Waals surface area contributed by atoms with E-state index in [4.69, 9.17) is 14.5 Å². The second-order valence-corrected chi connectivity index (χ2v) is 7.99. The first-order valence-electron chi connectivity index (χ1n) is 11.3. The molecule has 2 aliphatic rings. The molecule has 0 aromatic carbocycles. The highest BCUT2D eigenvalue weighted by Gasteiger charge is 2.21. The number of methoxy groups -OCH3 is 1. The van der Waals surface area contributed by atoms with Crippen molar-refractivity contribution in [1.29, 1.82) is 0 Å². The second-order valence-electron chi connectivity index (χ2n) is 7.99. The van der Waals surface area contributed by atoms with Crippen LogP contribution in [0.5, 0.6) is 0 Å². The van der Waals surface area contributed by atoms with Gasteiger partial charge in [0.2, 0.25) is 0 Å². The summed E-state index contributed by atoms with van der Waals surface area (Å²) in [7, 11) is 3.96. The first-order chi connectivity index (χ1) is 13.7. The van der Waals surface area contributed by atoms with Crippen LogP contribution in [0.25, 0.3) is 0 Å². The molecule has 2 rings (SSSR count). The van der Waals surface area contributed by atoms with Crippen LogP contribution in [0.4, 0.5) is 0 Å². The van der Waals surface area contributed by atoms with Gasteiger partial charge in [0, 0.05) is 72.7 Å². The minimum atomic E-state index is 0. The smallest absolute Gasteiger partial charge is 0.193 e. The van der Waals surface area contributed by atoms with Crippen LogP contribution < -0.4 is 5.32 Å². The number of hydrogen-bond donors (Lipinski definition) is 1. The third kappa shape index (κ3) is 11.1. The van der Waals surface area contributed by atoms with Gasteiger partial charge in [0.05, 0.1) is 6.10 Å². The number of halogens is 1. The molecule has 0 saturated carbocycles. The van der Waals surface area contributed by atoms with E-state index in [-0.39, 0.29) is 24.0 Å². The van der Waals surface area contributed by atoms with Crippen molar-refractivity contribution >= 4 is 29.9 Å². The fourth-order valence-electron chi connectivity index (χ4n) is 3.82. The Bertz CT molecular complexity index is 425. The summed E-state index contributed by atoms with van der Waals surface area (Å²) in [6, 6.07) is 0. The molecule has 0 aliphatic carbocycles. The van der Waals surface area contributed by atoms with E-state index in [1.165, 1.54) is 45.6 Å². The fraction of sp³-hybridized carbons (Fsp3) is 0.952. The number of likely N-dealkylation sites (N-methyl/N-ethyl adjacent to an activating group) is 1. The standard InChI is InChI=1S/C21H43N5O2.HI/c1-4-22-21(23-10-5-6-11-25-16-14-24(2)15-17-25)26-12-8-20(9-13-26)28-19-7-18-27-3;/h20H,4-19H2,1-3H3,(H,22,23);1H. The highest BCUT2D eigenvalue weighted by molar-refractivity contribution is 14.0. The Balaban J connectivity index is 0.00000420. The molecule has 0 aromatic rings. The zero-order valence-corrected chi connectivity index (χ0v) is 21.2. The van der Waals surface area contributed by atoms with E-state index in [2.05, 4.69) is 34.0 Å². The predicted octanol–water partition coefficient (Wildman–Crippen LogP) is 2.12. The molecule has 0 bridgehead atoms. The lowest BCUT2D eigenvalue weighted by molar-refractivity contribution is 0.00990. The van der Waals surface area contributed by atoms with Crippen LogP contribution in [-0.4, -0.2) is 113 Å². The lowest BCUT2D eigenvalue weighted by Crippen LogP contribution is -2.47. The molecule has 0 spiro atoms. The third-order valence-electron chi connectivity index (χ3n) is 5.66. The predicted molar refractivity (Wildman–Crippen MR) is 132 cm³/mol. The number of hydrogen-bond acceptors (Lipinski definition) is 5. The molecule has 2 saturated heterocycles. The lowest BCUT2D eigenvalue weighted by atomic mass is 10.1. The first kappa shape index (κ1) is 26.9. The Hall–Kier alpha value is -0.160. The number of aliphatic imine (C=N–C) groups is 1. The highest BCUT2D eigenvalue weighted by Crippen LogP contribution is 2.14. The largest absolute Gasteiger partial charge is 0.385 e. The number of guanidine groups is 1. The van der Waals surface area contributed by atoms with E-state index in [1.54, 1.807) is 7.11 Å². The van der Waals surface area contributed by atoms with Crippen molar-refractivity contribution in [3.8, 4) is 0 Å². The van der Waals surface area contributed by atoms with Gasteiger partial charge >= 0.3 is 0 Å². The van der Waals surface area contributed by atoms with Gasteiger partial charge in [-0.25, -0.2) is 0 Å². The van der Waals surface area contributed by atoms with Crippen molar-refractivity contribution in [2.24, 2.45) is 4.99 Å². The Morgan fingerprint density at radius 2 is 1.72 bits per heavy atom. The van der Waals surface area contributed by atoms with Crippen molar-refractivity contribution in [1.82, 2.24) is 20.0 Å². The highest BCUT2D eigenvalue weighted by atomic mass is 127. The average Bonchev–Trinajstić information content (AvgIpc) is 2.72. The first-order valence-corrected chi connectivity index (χ1v) is 11.3. The van der Waals surface area contributed by atoms with E-state index < -0.39 is 0 Å². The maximum atomic E-state index is 5.98. The molecular formula is C21H44IN5O2. The molecule has 2 aliphatic heterocycles. The van der Waals surface area contributed by atoms with Crippen LogP contribution in [0.15, 0.2) is 4.99 Å². The summed E-state index contributed by atoms with van der Waals surface area (Å²) in [6.07, 6.45) is 5.94. The molecule has 1 N–H and O–H groups in total. The molecule has 0 atom stereocenters. The number of nitrogens with one attached hydrogen (secondary N) is 1. The molecule has 0 radical (unpaired) electrons. The molecule has 0 amide bonds. The molecule has 8 heteroatoms. The topological polar surface area (TPSA) is 52.6 Å². The number of piperidine rings is 1. The van der Waals surface area contributed by atoms with Gasteiger partial charge in [-0.1, -0.05) is 0 Å². The number of nitrogens with zero attached hydrogens (tertiary/aromatic N) is 4. The van der Waals surface area contributed by atoms with E-state index in [0.717, 1.165) is 64.6 Å². The molecule has 7 nitrogen and oxygen atoms in total. The van der Waals surface area contributed by atoms with Crippen LogP contribution >= 0.6 is 24.0 Å². The minimum Gasteiger partial charge on any atom is -0.385 e. The van der Waals surface area contributed by atoms with Crippen LogP contribution in [0.3, 0.4) is 0 Å². The van der Waals surface area contributed by atoms with E-state index in [1.807, 2.05) is 0 Å². The molecule has 2 heterocycles. The normalized spacial score (nSPS) is 20.0. The van der Waals surface area contributed by atoms with E-state index in [9.17, 15) is 0 Å². The van der Waals surface area contributed by atoms with Gasteiger partial charge in [0.25, 0.3) is 0 Å².